The van der Waals surface area contributed by atoms with Gasteiger partial charge in [-0.25, -0.2) is 0 Å². The van der Waals surface area contributed by atoms with Gasteiger partial charge in [0, 0.05) is 11.1 Å². The van der Waals surface area contributed by atoms with Gasteiger partial charge in [0.1, 0.15) is 11.5 Å². The van der Waals surface area contributed by atoms with E-state index in [9.17, 15) is 9.59 Å². The number of nitrogens with one attached hydrogen (secondary N) is 3. The first-order valence-corrected chi connectivity index (χ1v) is 12.2. The van der Waals surface area contributed by atoms with Gasteiger partial charge in [0.2, 0.25) is 0 Å². The molecule has 0 atom stereocenters. The third kappa shape index (κ3) is 9.39. The lowest BCUT2D eigenvalue weighted by molar-refractivity contribution is 0.0934. The topological polar surface area (TPSA) is 88.7 Å². The molecule has 0 bridgehead atoms. The third-order valence-electron chi connectivity index (χ3n) is 4.56. The van der Waals surface area contributed by atoms with E-state index in [-0.39, 0.29) is 11.0 Å². The van der Waals surface area contributed by atoms with Crippen LogP contribution in [-0.2, 0) is 0 Å². The van der Waals surface area contributed by atoms with Crippen LogP contribution in [0.2, 0.25) is 0 Å². The van der Waals surface area contributed by atoms with E-state index < -0.39 is 5.91 Å². The molecule has 178 valence electrons. The lowest BCUT2D eigenvalue weighted by atomic mass is 10.2. The molecule has 3 N–H and O–H groups in total. The van der Waals surface area contributed by atoms with Crippen molar-refractivity contribution in [2.75, 3.05) is 13.2 Å². The smallest absolute Gasteiger partial charge is 0.269 e. The molecule has 0 saturated heterocycles. The maximum absolute atomic E-state index is 12.4. The number of halogens is 1. The Balaban J connectivity index is 1.77. The normalized spacial score (nSPS) is 10.3. The van der Waals surface area contributed by atoms with Crippen LogP contribution in [0, 0.1) is 0 Å². The molecule has 33 heavy (non-hydrogen) atoms. The van der Waals surface area contributed by atoms with Crippen LogP contribution < -0.4 is 25.6 Å². The first-order valence-electron chi connectivity index (χ1n) is 11.0. The van der Waals surface area contributed by atoms with Gasteiger partial charge in [-0.05, 0) is 83.5 Å². The molecule has 0 aliphatic carbocycles. The number of thiocarbonyl (C=S) groups is 1. The van der Waals surface area contributed by atoms with Gasteiger partial charge in [0.05, 0.1) is 17.7 Å². The first-order chi connectivity index (χ1) is 15.9. The van der Waals surface area contributed by atoms with E-state index >= 15 is 0 Å². The van der Waals surface area contributed by atoms with Crippen molar-refractivity contribution in [3.63, 3.8) is 0 Å². The molecule has 7 nitrogen and oxygen atoms in total. The van der Waals surface area contributed by atoms with Crippen LogP contribution in [0.1, 0.15) is 66.7 Å². The number of benzene rings is 2. The van der Waals surface area contributed by atoms with E-state index in [1.165, 1.54) is 12.8 Å². The predicted molar refractivity (Wildman–Crippen MR) is 137 cm³/mol. The van der Waals surface area contributed by atoms with E-state index in [2.05, 4.69) is 39.0 Å². The Morgan fingerprint density at radius 3 is 2.24 bits per heavy atom. The molecule has 2 aromatic rings. The van der Waals surface area contributed by atoms with Gasteiger partial charge in [-0.3, -0.25) is 25.8 Å². The Morgan fingerprint density at radius 1 is 0.848 bits per heavy atom. The van der Waals surface area contributed by atoms with Crippen molar-refractivity contribution in [2.45, 2.75) is 46.0 Å². The molecular weight excluding hydrogens is 506 g/mol. The molecule has 0 saturated carbocycles. The van der Waals surface area contributed by atoms with Crippen LogP contribution in [-0.4, -0.2) is 30.1 Å². The van der Waals surface area contributed by atoms with Crippen molar-refractivity contribution in [1.82, 2.24) is 16.2 Å². The molecule has 0 aliphatic heterocycles. The second-order valence-corrected chi connectivity index (χ2v) is 8.55. The lowest BCUT2D eigenvalue weighted by Gasteiger charge is -2.12. The largest absolute Gasteiger partial charge is 0.494 e. The number of amides is 2. The van der Waals surface area contributed by atoms with E-state index in [0.717, 1.165) is 25.0 Å². The molecule has 0 unspecified atom stereocenters. The predicted octanol–water partition coefficient (Wildman–Crippen LogP) is 5.15. The molecule has 0 aliphatic rings. The summed E-state index contributed by atoms with van der Waals surface area (Å²) in [6.45, 7) is 5.43. The summed E-state index contributed by atoms with van der Waals surface area (Å²) in [6, 6.07) is 11.8. The maximum atomic E-state index is 12.4. The highest BCUT2D eigenvalue weighted by molar-refractivity contribution is 9.10. The minimum Gasteiger partial charge on any atom is -0.494 e. The highest BCUT2D eigenvalue weighted by Gasteiger charge is 2.12. The van der Waals surface area contributed by atoms with Gasteiger partial charge in [0.25, 0.3) is 11.8 Å². The number of hydrogen-bond donors (Lipinski definition) is 3. The van der Waals surface area contributed by atoms with Crippen LogP contribution in [0.5, 0.6) is 11.5 Å². The molecule has 0 spiro atoms. The standard InChI is InChI=1S/C24H30BrN3O4S/c1-3-5-6-7-15-31-19-11-8-17(9-12-19)23(30)27-28-24(33)26-22(29)18-10-13-21(20(25)16-18)32-14-4-2/h8-13,16H,3-7,14-15H2,1-2H3,(H,27,30)(H2,26,28,29,33). The second kappa shape index (κ2) is 14.5. The minimum absolute atomic E-state index is 0.0252. The van der Waals surface area contributed by atoms with E-state index in [4.69, 9.17) is 21.7 Å². The molecule has 2 rings (SSSR count). The highest BCUT2D eigenvalue weighted by Crippen LogP contribution is 2.26. The van der Waals surface area contributed by atoms with Crippen LogP contribution in [0.25, 0.3) is 0 Å². The van der Waals surface area contributed by atoms with Crippen molar-refractivity contribution < 1.29 is 19.1 Å². The third-order valence-corrected chi connectivity index (χ3v) is 5.38. The summed E-state index contributed by atoms with van der Waals surface area (Å²) < 4.78 is 11.9. The van der Waals surface area contributed by atoms with Crippen LogP contribution in [0.3, 0.4) is 0 Å². The van der Waals surface area contributed by atoms with Gasteiger partial charge >= 0.3 is 0 Å². The Kier molecular flexibility index (Phi) is 11.7. The van der Waals surface area contributed by atoms with Gasteiger partial charge < -0.3 is 9.47 Å². The van der Waals surface area contributed by atoms with Crippen LogP contribution in [0.4, 0.5) is 0 Å². The van der Waals surface area contributed by atoms with Crippen LogP contribution in [0.15, 0.2) is 46.9 Å². The van der Waals surface area contributed by atoms with Crippen LogP contribution >= 0.6 is 28.1 Å². The summed E-state index contributed by atoms with van der Waals surface area (Å²) in [5.74, 6) is 0.580. The maximum Gasteiger partial charge on any atom is 0.269 e. The number of ether oxygens (including phenoxy) is 2. The lowest BCUT2D eigenvalue weighted by Crippen LogP contribution is -2.48. The summed E-state index contributed by atoms with van der Waals surface area (Å²) in [5.41, 5.74) is 5.83. The average Bonchev–Trinajstić information content (AvgIpc) is 2.82. The molecule has 0 radical (unpaired) electrons. The Hall–Kier alpha value is -2.65. The minimum atomic E-state index is -0.412. The monoisotopic (exact) mass is 535 g/mol. The summed E-state index contributed by atoms with van der Waals surface area (Å²) in [4.78, 5) is 24.7. The van der Waals surface area contributed by atoms with E-state index in [0.29, 0.717) is 34.6 Å². The molecule has 2 aromatic carbocycles. The Morgan fingerprint density at radius 2 is 1.58 bits per heavy atom. The summed E-state index contributed by atoms with van der Waals surface area (Å²) in [6.07, 6.45) is 5.43. The zero-order valence-electron chi connectivity index (χ0n) is 18.9. The first kappa shape index (κ1) is 26.6. The summed E-state index contributed by atoms with van der Waals surface area (Å²) in [7, 11) is 0. The number of unbranched alkanes of at least 4 members (excludes halogenated alkanes) is 3. The van der Waals surface area contributed by atoms with Crippen molar-refractivity contribution >= 4 is 45.1 Å². The molecule has 0 aromatic heterocycles. The average molecular weight is 536 g/mol. The van der Waals surface area contributed by atoms with Gasteiger partial charge in [-0.2, -0.15) is 0 Å². The molecular formula is C24H30BrN3O4S. The number of rotatable bonds is 11. The fraction of sp³-hybridized carbons (Fsp3) is 0.375. The zero-order chi connectivity index (χ0) is 24.1. The van der Waals surface area contributed by atoms with Gasteiger partial charge in [-0.15, -0.1) is 0 Å². The van der Waals surface area contributed by atoms with Crippen molar-refractivity contribution in [3.8, 4) is 11.5 Å². The number of carbonyl (C=O) groups excluding carboxylic acids is 2. The fourth-order valence-corrected chi connectivity index (χ4v) is 3.42. The molecule has 2 amide bonds. The molecule has 0 heterocycles. The summed E-state index contributed by atoms with van der Waals surface area (Å²) >= 11 is 8.50. The Labute approximate surface area is 208 Å². The SMILES string of the molecule is CCCCCCOc1ccc(C(=O)NNC(=S)NC(=O)c2ccc(OCCC)c(Br)c2)cc1. The number of hydrazine groups is 1. The second-order valence-electron chi connectivity index (χ2n) is 7.29. The summed E-state index contributed by atoms with van der Waals surface area (Å²) in [5, 5.41) is 2.50. The Bertz CT molecular complexity index is 938. The van der Waals surface area contributed by atoms with Crippen molar-refractivity contribution in [2.24, 2.45) is 0 Å². The van der Waals surface area contributed by atoms with E-state index in [1.54, 1.807) is 42.5 Å². The molecule has 0 fully saturated rings. The quantitative estimate of drug-likeness (QED) is 0.209. The van der Waals surface area contributed by atoms with Crippen molar-refractivity contribution in [3.05, 3.63) is 58.1 Å². The van der Waals surface area contributed by atoms with Crippen molar-refractivity contribution in [1.29, 1.82) is 0 Å². The highest BCUT2D eigenvalue weighted by atomic mass is 79.9. The fourth-order valence-electron chi connectivity index (χ4n) is 2.78. The number of hydrogen-bond acceptors (Lipinski definition) is 5. The van der Waals surface area contributed by atoms with Gasteiger partial charge in [-0.1, -0.05) is 33.1 Å². The zero-order valence-corrected chi connectivity index (χ0v) is 21.3. The number of carbonyl (C=O) groups is 2. The van der Waals surface area contributed by atoms with E-state index in [1.807, 2.05) is 6.92 Å². The van der Waals surface area contributed by atoms with Gasteiger partial charge in [0.15, 0.2) is 5.11 Å². The molecule has 9 heteroatoms.